The van der Waals surface area contributed by atoms with Gasteiger partial charge >= 0.3 is 0 Å². The van der Waals surface area contributed by atoms with Crippen LogP contribution in [0.2, 0.25) is 0 Å². The molecule has 1 saturated carbocycles. The second-order valence-corrected chi connectivity index (χ2v) is 7.65. The summed E-state index contributed by atoms with van der Waals surface area (Å²) in [4.78, 5) is 6.70. The summed E-state index contributed by atoms with van der Waals surface area (Å²) in [5, 5.41) is 4.22. The fraction of sp³-hybridized carbons (Fsp3) is 0.571. The Morgan fingerprint density at radius 2 is 2.07 bits per heavy atom. The zero-order chi connectivity index (χ0) is 18.8. The summed E-state index contributed by atoms with van der Waals surface area (Å²) in [5.74, 6) is 2.27. The van der Waals surface area contributed by atoms with Gasteiger partial charge in [0.05, 0.1) is 12.6 Å². The number of piperidine rings is 1. The number of nitrogens with one attached hydrogen (secondary N) is 1. The lowest BCUT2D eigenvalue weighted by Gasteiger charge is -2.34. The van der Waals surface area contributed by atoms with E-state index in [2.05, 4.69) is 15.2 Å². The molecule has 2 aromatic rings. The molecule has 1 N–H and O–H groups in total. The molecule has 5 nitrogen and oxygen atoms in total. The minimum atomic E-state index is -0.242. The van der Waals surface area contributed by atoms with Crippen LogP contribution in [0.1, 0.15) is 37.0 Å². The summed E-state index contributed by atoms with van der Waals surface area (Å²) in [6, 6.07) is 4.64. The van der Waals surface area contributed by atoms with Crippen LogP contribution in [0.4, 0.5) is 4.39 Å². The molecule has 2 fully saturated rings. The van der Waals surface area contributed by atoms with Gasteiger partial charge in [0.15, 0.2) is 5.96 Å². The van der Waals surface area contributed by atoms with E-state index in [0.29, 0.717) is 18.2 Å². The van der Waals surface area contributed by atoms with Gasteiger partial charge in [0.2, 0.25) is 0 Å². The number of rotatable bonds is 5. The molecule has 6 heteroatoms. The van der Waals surface area contributed by atoms with Crippen LogP contribution >= 0.6 is 0 Å². The Bertz CT molecular complexity index is 820. The van der Waals surface area contributed by atoms with Gasteiger partial charge in [-0.15, -0.1) is 0 Å². The number of halogens is 1. The molecule has 1 aliphatic carbocycles. The van der Waals surface area contributed by atoms with Gasteiger partial charge in [-0.1, -0.05) is 0 Å². The Hall–Kier alpha value is -2.08. The van der Waals surface area contributed by atoms with Crippen molar-refractivity contribution in [3.8, 4) is 0 Å². The molecule has 1 saturated heterocycles. The third kappa shape index (κ3) is 4.26. The summed E-state index contributed by atoms with van der Waals surface area (Å²) in [6.45, 7) is 5.32. The molecule has 2 heterocycles. The third-order valence-electron chi connectivity index (χ3n) is 5.62. The SMILES string of the molecule is CN=C(NCc1oc2ccc(F)cc2c1C)N1CCC(OCC2CC2)CC1. The van der Waals surface area contributed by atoms with Crippen molar-refractivity contribution in [1.82, 2.24) is 10.2 Å². The highest BCUT2D eigenvalue weighted by atomic mass is 19.1. The number of aryl methyl sites for hydroxylation is 1. The predicted octanol–water partition coefficient (Wildman–Crippen LogP) is 3.85. The van der Waals surface area contributed by atoms with Crippen molar-refractivity contribution in [1.29, 1.82) is 0 Å². The van der Waals surface area contributed by atoms with Crippen molar-refractivity contribution < 1.29 is 13.5 Å². The molecule has 0 amide bonds. The molecule has 0 radical (unpaired) electrons. The maximum atomic E-state index is 13.5. The van der Waals surface area contributed by atoms with Crippen LogP contribution < -0.4 is 5.32 Å². The molecule has 2 aliphatic rings. The van der Waals surface area contributed by atoms with E-state index in [0.717, 1.165) is 61.1 Å². The molecular formula is C21H28FN3O2. The zero-order valence-electron chi connectivity index (χ0n) is 16.1. The summed E-state index contributed by atoms with van der Waals surface area (Å²) in [7, 11) is 1.80. The molecule has 0 atom stereocenters. The first kappa shape index (κ1) is 18.3. The number of guanidine groups is 1. The van der Waals surface area contributed by atoms with E-state index in [9.17, 15) is 4.39 Å². The standard InChI is InChI=1S/C21H28FN3O2/c1-14-18-11-16(22)5-6-19(18)27-20(14)12-24-21(23-2)25-9-7-17(8-10-25)26-13-15-3-4-15/h5-6,11,15,17H,3-4,7-10,12-13H2,1-2H3,(H,23,24). The van der Waals surface area contributed by atoms with E-state index in [4.69, 9.17) is 9.15 Å². The highest BCUT2D eigenvalue weighted by Gasteiger charge is 2.26. The number of hydrogen-bond acceptors (Lipinski definition) is 3. The molecule has 146 valence electrons. The minimum Gasteiger partial charge on any atom is -0.459 e. The number of aliphatic imine (C=N–C) groups is 1. The molecule has 27 heavy (non-hydrogen) atoms. The number of furan rings is 1. The van der Waals surface area contributed by atoms with Gasteiger partial charge in [-0.25, -0.2) is 4.39 Å². The van der Waals surface area contributed by atoms with Gasteiger partial charge in [-0.3, -0.25) is 4.99 Å². The molecule has 1 aromatic carbocycles. The van der Waals surface area contributed by atoms with Crippen LogP contribution in [-0.4, -0.2) is 43.7 Å². The van der Waals surface area contributed by atoms with Gasteiger partial charge in [-0.05, 0) is 56.7 Å². The van der Waals surface area contributed by atoms with Gasteiger partial charge < -0.3 is 19.4 Å². The third-order valence-corrected chi connectivity index (χ3v) is 5.62. The quantitative estimate of drug-likeness (QED) is 0.639. The van der Waals surface area contributed by atoms with Crippen molar-refractivity contribution in [3.63, 3.8) is 0 Å². The van der Waals surface area contributed by atoms with Crippen molar-refractivity contribution in [2.24, 2.45) is 10.9 Å². The molecule has 1 aliphatic heterocycles. The number of ether oxygens (including phenoxy) is 1. The first-order valence-corrected chi connectivity index (χ1v) is 9.88. The Kier molecular flexibility index (Phi) is 5.34. The molecule has 4 rings (SSSR count). The van der Waals surface area contributed by atoms with E-state index in [-0.39, 0.29) is 5.82 Å². The van der Waals surface area contributed by atoms with Crippen LogP contribution in [0.25, 0.3) is 11.0 Å². The first-order chi connectivity index (χ1) is 13.1. The average Bonchev–Trinajstić information content (AvgIpc) is 3.47. The fourth-order valence-corrected chi connectivity index (χ4v) is 3.69. The van der Waals surface area contributed by atoms with Gasteiger partial charge in [0.25, 0.3) is 0 Å². The summed E-state index contributed by atoms with van der Waals surface area (Å²) < 4.78 is 25.4. The highest BCUT2D eigenvalue weighted by molar-refractivity contribution is 5.83. The van der Waals surface area contributed by atoms with E-state index in [1.54, 1.807) is 13.1 Å². The summed E-state index contributed by atoms with van der Waals surface area (Å²) in [5.41, 5.74) is 1.69. The lowest BCUT2D eigenvalue weighted by atomic mass is 10.1. The zero-order valence-corrected chi connectivity index (χ0v) is 16.1. The van der Waals surface area contributed by atoms with Gasteiger partial charge in [0, 0.05) is 37.7 Å². The second-order valence-electron chi connectivity index (χ2n) is 7.65. The minimum absolute atomic E-state index is 0.242. The second kappa shape index (κ2) is 7.89. The number of fused-ring (bicyclic) bond motifs is 1. The van der Waals surface area contributed by atoms with Gasteiger partial charge in [0.1, 0.15) is 17.2 Å². The summed E-state index contributed by atoms with van der Waals surface area (Å²) >= 11 is 0. The Labute approximate surface area is 159 Å². The molecule has 1 aromatic heterocycles. The fourth-order valence-electron chi connectivity index (χ4n) is 3.69. The molecule has 0 bridgehead atoms. The monoisotopic (exact) mass is 373 g/mol. The van der Waals surface area contributed by atoms with E-state index in [1.807, 2.05) is 6.92 Å². The van der Waals surface area contributed by atoms with Crippen molar-refractivity contribution in [3.05, 3.63) is 35.3 Å². The molecule has 0 unspecified atom stereocenters. The number of hydrogen-bond donors (Lipinski definition) is 1. The topological polar surface area (TPSA) is 50.0 Å². The van der Waals surface area contributed by atoms with Crippen LogP contribution in [0.15, 0.2) is 27.6 Å². The Morgan fingerprint density at radius 1 is 1.30 bits per heavy atom. The number of nitrogens with zero attached hydrogens (tertiary/aromatic N) is 2. The van der Waals surface area contributed by atoms with Crippen LogP contribution in [-0.2, 0) is 11.3 Å². The largest absolute Gasteiger partial charge is 0.459 e. The first-order valence-electron chi connectivity index (χ1n) is 9.88. The van der Waals surface area contributed by atoms with Crippen molar-refractivity contribution >= 4 is 16.9 Å². The lowest BCUT2D eigenvalue weighted by molar-refractivity contribution is 0.0131. The highest BCUT2D eigenvalue weighted by Crippen LogP contribution is 2.30. The average molecular weight is 373 g/mol. The normalized spacial score (nSPS) is 19.1. The predicted molar refractivity (Wildman–Crippen MR) is 104 cm³/mol. The van der Waals surface area contributed by atoms with Crippen LogP contribution in [0.5, 0.6) is 0 Å². The van der Waals surface area contributed by atoms with Gasteiger partial charge in [-0.2, -0.15) is 0 Å². The van der Waals surface area contributed by atoms with Crippen molar-refractivity contribution in [2.45, 2.75) is 45.3 Å². The molecular weight excluding hydrogens is 345 g/mol. The van der Waals surface area contributed by atoms with E-state index < -0.39 is 0 Å². The van der Waals surface area contributed by atoms with E-state index >= 15 is 0 Å². The Morgan fingerprint density at radius 3 is 2.78 bits per heavy atom. The maximum absolute atomic E-state index is 13.5. The van der Waals surface area contributed by atoms with E-state index in [1.165, 1.54) is 25.0 Å². The van der Waals surface area contributed by atoms with Crippen LogP contribution in [0.3, 0.4) is 0 Å². The number of benzene rings is 1. The molecule has 0 spiro atoms. The number of likely N-dealkylation sites (tertiary alicyclic amines) is 1. The summed E-state index contributed by atoms with van der Waals surface area (Å²) in [6.07, 6.45) is 5.13. The smallest absolute Gasteiger partial charge is 0.194 e. The van der Waals surface area contributed by atoms with Crippen LogP contribution in [0, 0.1) is 18.7 Å². The Balaban J connectivity index is 1.32. The maximum Gasteiger partial charge on any atom is 0.194 e. The van der Waals surface area contributed by atoms with Crippen molar-refractivity contribution in [2.75, 3.05) is 26.7 Å². The lowest BCUT2D eigenvalue weighted by Crippen LogP contribution is -2.46.